The van der Waals surface area contributed by atoms with Crippen LogP contribution < -0.4 is 15.0 Å². The molecule has 1 N–H and O–H groups in total. The smallest absolute Gasteiger partial charge is 0.388 e. The molecule has 162 valence electrons. The third-order valence-corrected chi connectivity index (χ3v) is 3.81. The molecule has 0 unspecified atom stereocenters. The normalized spacial score (nSPS) is 11.3. The van der Waals surface area contributed by atoms with Crippen LogP contribution in [0.1, 0.15) is 16.1 Å². The van der Waals surface area contributed by atoms with Gasteiger partial charge in [0.05, 0.1) is 18.1 Å². The topological polar surface area (TPSA) is 95.5 Å². The number of nitrogens with one attached hydrogen (secondary N) is 1. The van der Waals surface area contributed by atoms with Crippen LogP contribution in [0.15, 0.2) is 48.9 Å². The van der Waals surface area contributed by atoms with Crippen LogP contribution in [0.25, 0.3) is 11.3 Å². The van der Waals surface area contributed by atoms with E-state index in [9.17, 15) is 18.0 Å². The summed E-state index contributed by atoms with van der Waals surface area (Å²) in [7, 11) is 16.0. The van der Waals surface area contributed by atoms with Crippen LogP contribution in [0.2, 0.25) is 0 Å². The second-order valence-corrected chi connectivity index (χ2v) is 6.48. The number of ether oxygens (including phenoxy) is 2. The minimum Gasteiger partial charge on any atom is -0.516 e. The maximum atomic E-state index is 14.0. The van der Waals surface area contributed by atoms with Gasteiger partial charge in [-0.1, -0.05) is 0 Å². The number of hydrogen-bond donors (Lipinski definition) is 1. The third-order valence-electron chi connectivity index (χ3n) is 3.81. The minimum atomic E-state index is -3.01. The molecule has 33 heavy (non-hydrogen) atoms. The van der Waals surface area contributed by atoms with E-state index in [-0.39, 0.29) is 35.2 Å². The number of pyridine rings is 1. The standard InChI is InChI=1S/C19H12B3F3N4O4/c20-19(21,22)33-12-2-3-13(23)11(5-12)9-31-29-17(30)15-8-26-7-14(28-15)10-1-4-16(27-6-10)32-18(24)25/h1-8,18H,9H2,(H,29,30). The molecule has 2 heterocycles. The fourth-order valence-corrected chi connectivity index (χ4v) is 2.47. The van der Waals surface area contributed by atoms with Gasteiger partial charge in [-0.2, -0.15) is 8.78 Å². The highest BCUT2D eigenvalue weighted by molar-refractivity contribution is 6.58. The van der Waals surface area contributed by atoms with Gasteiger partial charge in [0, 0.05) is 23.4 Å². The molecule has 0 spiro atoms. The summed E-state index contributed by atoms with van der Waals surface area (Å²) in [6.07, 6.45) is 3.74. The number of carbonyl (C=O) groups is 1. The summed E-state index contributed by atoms with van der Waals surface area (Å²) in [5.74, 6) is -1.60. The first-order valence-corrected chi connectivity index (χ1v) is 9.10. The first-order chi connectivity index (χ1) is 15.6. The van der Waals surface area contributed by atoms with E-state index in [1.807, 2.05) is 0 Å². The summed E-state index contributed by atoms with van der Waals surface area (Å²) >= 11 is 0. The number of halogens is 3. The Bertz CT molecular complexity index is 1120. The van der Waals surface area contributed by atoms with Gasteiger partial charge in [0.15, 0.2) is 0 Å². The van der Waals surface area contributed by atoms with E-state index in [2.05, 4.69) is 25.2 Å². The lowest BCUT2D eigenvalue weighted by Gasteiger charge is -2.23. The average Bonchev–Trinajstić information content (AvgIpc) is 2.75. The van der Waals surface area contributed by atoms with Crippen molar-refractivity contribution in [1.82, 2.24) is 20.4 Å². The molecule has 14 heteroatoms. The van der Waals surface area contributed by atoms with Crippen molar-refractivity contribution in [2.45, 2.75) is 18.5 Å². The molecule has 0 bridgehead atoms. The Morgan fingerprint density at radius 3 is 2.58 bits per heavy atom. The number of aromatic nitrogens is 3. The number of alkyl halides is 2. The molecule has 0 fully saturated rings. The molecular formula is C19H12B3F3N4O4. The van der Waals surface area contributed by atoms with E-state index in [4.69, 9.17) is 33.1 Å². The lowest BCUT2D eigenvalue weighted by atomic mass is 9.52. The summed E-state index contributed by atoms with van der Waals surface area (Å²) in [5.41, 5.74) is 2.64. The molecule has 8 nitrogen and oxygen atoms in total. The van der Waals surface area contributed by atoms with Crippen LogP contribution in [-0.2, 0) is 11.4 Å². The summed E-state index contributed by atoms with van der Waals surface area (Å²) in [4.78, 5) is 29.1. The SMILES string of the molecule is [B]C([B])([B])Oc1ccc(F)c(CONC(=O)c2cncc(-c3ccc(OC(F)F)nc3)n2)c1. The van der Waals surface area contributed by atoms with Gasteiger partial charge < -0.3 is 9.47 Å². The van der Waals surface area contributed by atoms with Gasteiger partial charge in [0.2, 0.25) is 5.88 Å². The second-order valence-electron chi connectivity index (χ2n) is 6.48. The number of carbonyl (C=O) groups excluding carboxylic acids is 1. The van der Waals surface area contributed by atoms with Crippen molar-refractivity contribution in [1.29, 1.82) is 0 Å². The molecule has 3 rings (SSSR count). The van der Waals surface area contributed by atoms with Gasteiger partial charge in [-0.25, -0.2) is 19.8 Å². The highest BCUT2D eigenvalue weighted by Crippen LogP contribution is 2.20. The number of amides is 1. The molecule has 0 aliphatic heterocycles. The van der Waals surface area contributed by atoms with E-state index in [0.717, 1.165) is 6.07 Å². The molecule has 0 atom stereocenters. The molecule has 0 saturated heterocycles. The van der Waals surface area contributed by atoms with E-state index in [1.54, 1.807) is 0 Å². The predicted molar refractivity (Wildman–Crippen MR) is 111 cm³/mol. The van der Waals surface area contributed by atoms with Gasteiger partial charge in [-0.3, -0.25) is 14.6 Å². The molecule has 0 aliphatic carbocycles. The van der Waals surface area contributed by atoms with Crippen molar-refractivity contribution in [3.05, 3.63) is 66.0 Å². The summed E-state index contributed by atoms with van der Waals surface area (Å²) in [6.45, 7) is -3.38. The van der Waals surface area contributed by atoms with Crippen molar-refractivity contribution < 1.29 is 32.3 Å². The number of rotatable bonds is 9. The largest absolute Gasteiger partial charge is 0.516 e. The minimum absolute atomic E-state index is 0.0223. The lowest BCUT2D eigenvalue weighted by Crippen LogP contribution is -2.37. The number of benzene rings is 1. The molecular weight excluding hydrogens is 438 g/mol. The van der Waals surface area contributed by atoms with Crippen LogP contribution in [0, 0.1) is 5.82 Å². The van der Waals surface area contributed by atoms with Crippen molar-refractivity contribution in [3.8, 4) is 22.9 Å². The molecule has 0 aliphatic rings. The zero-order valence-corrected chi connectivity index (χ0v) is 16.7. The van der Waals surface area contributed by atoms with Crippen molar-refractivity contribution in [2.75, 3.05) is 0 Å². The molecule has 2 aromatic heterocycles. The van der Waals surface area contributed by atoms with Gasteiger partial charge >= 0.3 is 6.61 Å². The fourth-order valence-electron chi connectivity index (χ4n) is 2.47. The maximum Gasteiger partial charge on any atom is 0.388 e. The lowest BCUT2D eigenvalue weighted by molar-refractivity contribution is -0.0528. The Labute approximate surface area is 190 Å². The van der Waals surface area contributed by atoms with Gasteiger partial charge in [0.25, 0.3) is 5.91 Å². The quantitative estimate of drug-likeness (QED) is 0.392. The molecule has 0 saturated carbocycles. The monoisotopic (exact) mass is 450 g/mol. The Morgan fingerprint density at radius 1 is 1.12 bits per heavy atom. The second kappa shape index (κ2) is 10.4. The predicted octanol–water partition coefficient (Wildman–Crippen LogP) is 1.64. The zero-order chi connectivity index (χ0) is 24.0. The first-order valence-electron chi connectivity index (χ1n) is 9.10. The van der Waals surface area contributed by atoms with Crippen LogP contribution >= 0.6 is 0 Å². The highest BCUT2D eigenvalue weighted by atomic mass is 19.3. The third kappa shape index (κ3) is 7.24. The maximum absolute atomic E-state index is 14.0. The Morgan fingerprint density at radius 2 is 1.91 bits per heavy atom. The van der Waals surface area contributed by atoms with E-state index in [1.165, 1.54) is 42.9 Å². The van der Waals surface area contributed by atoms with Crippen LogP contribution in [0.5, 0.6) is 11.6 Å². The number of hydroxylamine groups is 1. The van der Waals surface area contributed by atoms with Crippen LogP contribution in [0.4, 0.5) is 13.2 Å². The molecule has 1 aromatic carbocycles. The van der Waals surface area contributed by atoms with E-state index < -0.39 is 23.6 Å². The first kappa shape index (κ1) is 24.1. The summed E-state index contributed by atoms with van der Waals surface area (Å²) in [5, 5.41) is -1.96. The van der Waals surface area contributed by atoms with E-state index >= 15 is 0 Å². The van der Waals surface area contributed by atoms with Gasteiger partial charge in [-0.15, -0.1) is 0 Å². The average molecular weight is 450 g/mol. The van der Waals surface area contributed by atoms with Crippen LogP contribution in [-0.4, -0.2) is 56.3 Å². The van der Waals surface area contributed by atoms with Gasteiger partial charge in [0.1, 0.15) is 47.4 Å². The van der Waals surface area contributed by atoms with Crippen LogP contribution in [0.3, 0.4) is 0 Å². The molecule has 3 aromatic rings. The van der Waals surface area contributed by atoms with Crippen molar-refractivity contribution in [2.24, 2.45) is 0 Å². The Hall–Kier alpha value is -3.54. The number of nitrogens with zero attached hydrogens (tertiary/aromatic N) is 3. The number of hydrogen-bond acceptors (Lipinski definition) is 7. The molecule has 1 amide bonds. The Kier molecular flexibility index (Phi) is 7.59. The Balaban J connectivity index is 1.62. The fraction of sp³-hybridized carbons (Fsp3) is 0.158. The summed E-state index contributed by atoms with van der Waals surface area (Å²) in [6, 6.07) is 6.24. The van der Waals surface area contributed by atoms with Crippen molar-refractivity contribution >= 4 is 29.4 Å². The highest BCUT2D eigenvalue weighted by Gasteiger charge is 2.14. The van der Waals surface area contributed by atoms with Crippen molar-refractivity contribution in [3.63, 3.8) is 0 Å². The van der Waals surface area contributed by atoms with E-state index in [0.29, 0.717) is 5.56 Å². The van der Waals surface area contributed by atoms with Gasteiger partial charge in [-0.05, 0) is 29.6 Å². The summed E-state index contributed by atoms with van der Waals surface area (Å²) < 4.78 is 47.6. The molecule has 6 radical (unpaired) electrons. The zero-order valence-electron chi connectivity index (χ0n) is 16.7.